The monoisotopic (exact) mass is 247 g/mol. The molecule has 0 radical (unpaired) electrons. The van der Waals surface area contributed by atoms with E-state index in [1.165, 1.54) is 6.20 Å². The Morgan fingerprint density at radius 3 is 2.56 bits per heavy atom. The van der Waals surface area contributed by atoms with Crippen LogP contribution in [0.15, 0.2) is 29.2 Å². The maximum Gasteiger partial charge on any atom is 0.292 e. The van der Waals surface area contributed by atoms with Crippen LogP contribution in [0.4, 0.5) is 0 Å². The number of carbonyl (C=O) groups excluding carboxylic acids is 1. The zero-order valence-electron chi connectivity index (χ0n) is 9.77. The van der Waals surface area contributed by atoms with Crippen molar-refractivity contribution >= 4 is 5.91 Å². The topological polar surface area (TPSA) is 77.0 Å². The van der Waals surface area contributed by atoms with Gasteiger partial charge in [0.25, 0.3) is 5.91 Å². The van der Waals surface area contributed by atoms with Crippen LogP contribution < -0.4 is 0 Å². The number of piperidine rings is 1. The Morgan fingerprint density at radius 1 is 1.22 bits per heavy atom. The minimum absolute atomic E-state index is 0.0978. The number of aromatic nitrogens is 4. The van der Waals surface area contributed by atoms with Crippen LogP contribution in [0.25, 0.3) is 0 Å². The molecule has 0 aliphatic carbocycles. The van der Waals surface area contributed by atoms with Crippen molar-refractivity contribution in [1.29, 1.82) is 0 Å². The van der Waals surface area contributed by atoms with Crippen LogP contribution in [0.2, 0.25) is 0 Å². The molecule has 0 spiro atoms. The number of amides is 1. The zero-order valence-corrected chi connectivity index (χ0v) is 9.77. The summed E-state index contributed by atoms with van der Waals surface area (Å²) in [5.74, 6) is 0.199. The number of hydrogen-bond donors (Lipinski definition) is 0. The van der Waals surface area contributed by atoms with Gasteiger partial charge in [-0.05, 0) is 12.8 Å². The van der Waals surface area contributed by atoms with E-state index in [1.54, 1.807) is 28.2 Å². The quantitative estimate of drug-likeness (QED) is 0.782. The highest BCUT2D eigenvalue weighted by Crippen LogP contribution is 2.21. The third-order valence-corrected chi connectivity index (χ3v) is 3.16. The average Bonchev–Trinajstić information content (AvgIpc) is 3.11. The molecule has 0 bridgehead atoms. The van der Waals surface area contributed by atoms with E-state index in [1.807, 2.05) is 0 Å². The summed E-state index contributed by atoms with van der Waals surface area (Å²) >= 11 is 0. The van der Waals surface area contributed by atoms with E-state index in [-0.39, 0.29) is 11.9 Å². The van der Waals surface area contributed by atoms with Crippen molar-refractivity contribution in [3.63, 3.8) is 0 Å². The molecular weight excluding hydrogens is 234 g/mol. The van der Waals surface area contributed by atoms with Gasteiger partial charge in [0.1, 0.15) is 0 Å². The number of hydrogen-bond acceptors (Lipinski definition) is 5. The number of rotatable bonds is 2. The van der Waals surface area contributed by atoms with Crippen LogP contribution in [0, 0.1) is 0 Å². The van der Waals surface area contributed by atoms with Crippen molar-refractivity contribution in [3.8, 4) is 0 Å². The van der Waals surface area contributed by atoms with Gasteiger partial charge in [0.15, 0.2) is 0 Å². The molecule has 1 amide bonds. The fourth-order valence-corrected chi connectivity index (χ4v) is 2.20. The Kier molecular flexibility index (Phi) is 2.79. The maximum atomic E-state index is 12.0. The smallest absolute Gasteiger partial charge is 0.292 e. The molecule has 2 aromatic rings. The Labute approximate surface area is 103 Å². The van der Waals surface area contributed by atoms with Gasteiger partial charge in [0.2, 0.25) is 5.76 Å². The van der Waals surface area contributed by atoms with Gasteiger partial charge >= 0.3 is 0 Å². The summed E-state index contributed by atoms with van der Waals surface area (Å²) in [6, 6.07) is 1.86. The highest BCUT2D eigenvalue weighted by atomic mass is 16.5. The first-order valence-corrected chi connectivity index (χ1v) is 5.90. The fraction of sp³-hybridized carbons (Fsp3) is 0.455. The molecule has 0 aromatic carbocycles. The lowest BCUT2D eigenvalue weighted by Crippen LogP contribution is -2.39. The average molecular weight is 247 g/mol. The summed E-state index contributed by atoms with van der Waals surface area (Å²) in [5, 5.41) is 11.8. The van der Waals surface area contributed by atoms with Gasteiger partial charge in [-0.15, -0.1) is 0 Å². The summed E-state index contributed by atoms with van der Waals surface area (Å²) in [6.07, 6.45) is 6.54. The SMILES string of the molecule is O=C(c1ccno1)N1CCC(n2nccn2)CC1. The summed E-state index contributed by atoms with van der Waals surface area (Å²) in [7, 11) is 0. The number of nitrogens with zero attached hydrogens (tertiary/aromatic N) is 5. The molecule has 0 atom stereocenters. The van der Waals surface area contributed by atoms with Crippen LogP contribution in [0.1, 0.15) is 29.4 Å². The fourth-order valence-electron chi connectivity index (χ4n) is 2.20. The number of carbonyl (C=O) groups is 1. The third kappa shape index (κ3) is 1.99. The molecule has 94 valence electrons. The van der Waals surface area contributed by atoms with E-state index < -0.39 is 0 Å². The van der Waals surface area contributed by atoms with Gasteiger partial charge < -0.3 is 9.42 Å². The molecule has 0 unspecified atom stereocenters. The highest BCUT2D eigenvalue weighted by molar-refractivity contribution is 5.91. The van der Waals surface area contributed by atoms with Crippen LogP contribution in [0.3, 0.4) is 0 Å². The molecule has 0 N–H and O–H groups in total. The second-order valence-electron chi connectivity index (χ2n) is 4.25. The standard InChI is InChI=1S/C11H13N5O2/c17-11(10-1-4-14-18-10)15-7-2-9(3-8-15)16-12-5-6-13-16/h1,4-6,9H,2-3,7-8H2. The van der Waals surface area contributed by atoms with Crippen LogP contribution in [-0.2, 0) is 0 Å². The van der Waals surface area contributed by atoms with E-state index in [0.29, 0.717) is 18.8 Å². The largest absolute Gasteiger partial charge is 0.351 e. The Hall–Kier alpha value is -2.18. The molecule has 1 aliphatic heterocycles. The Morgan fingerprint density at radius 2 is 1.94 bits per heavy atom. The van der Waals surface area contributed by atoms with Crippen LogP contribution in [0.5, 0.6) is 0 Å². The Balaban J connectivity index is 1.62. The predicted molar refractivity (Wildman–Crippen MR) is 60.7 cm³/mol. The zero-order chi connectivity index (χ0) is 12.4. The van der Waals surface area contributed by atoms with Gasteiger partial charge in [-0.25, -0.2) is 0 Å². The van der Waals surface area contributed by atoms with Gasteiger partial charge in [-0.1, -0.05) is 5.16 Å². The van der Waals surface area contributed by atoms with Crippen molar-refractivity contribution in [1.82, 2.24) is 25.1 Å². The summed E-state index contributed by atoms with van der Waals surface area (Å²) < 4.78 is 4.88. The van der Waals surface area contributed by atoms with Crippen molar-refractivity contribution in [2.24, 2.45) is 0 Å². The van der Waals surface area contributed by atoms with Crippen LogP contribution in [-0.4, -0.2) is 44.0 Å². The molecule has 3 heterocycles. The first kappa shape index (κ1) is 10.9. The second-order valence-corrected chi connectivity index (χ2v) is 4.25. The van der Waals surface area contributed by atoms with E-state index in [4.69, 9.17) is 4.52 Å². The summed E-state index contributed by atoms with van der Waals surface area (Å²) in [6.45, 7) is 1.37. The van der Waals surface area contributed by atoms with Gasteiger partial charge in [0.05, 0.1) is 24.6 Å². The van der Waals surface area contributed by atoms with Crippen molar-refractivity contribution < 1.29 is 9.32 Å². The Bertz CT molecular complexity index is 500. The lowest BCUT2D eigenvalue weighted by atomic mass is 10.1. The lowest BCUT2D eigenvalue weighted by molar-refractivity contribution is 0.0642. The normalized spacial score (nSPS) is 17.0. The van der Waals surface area contributed by atoms with Gasteiger partial charge in [-0.3, -0.25) is 4.79 Å². The summed E-state index contributed by atoms with van der Waals surface area (Å²) in [4.78, 5) is 15.5. The molecule has 1 saturated heterocycles. The van der Waals surface area contributed by atoms with E-state index in [0.717, 1.165) is 12.8 Å². The molecule has 0 saturated carbocycles. The van der Waals surface area contributed by atoms with Gasteiger partial charge in [-0.2, -0.15) is 15.0 Å². The van der Waals surface area contributed by atoms with Gasteiger partial charge in [0, 0.05) is 19.2 Å². The number of likely N-dealkylation sites (tertiary alicyclic amines) is 1. The van der Waals surface area contributed by atoms with E-state index in [2.05, 4.69) is 15.4 Å². The first-order valence-electron chi connectivity index (χ1n) is 5.90. The third-order valence-electron chi connectivity index (χ3n) is 3.16. The van der Waals surface area contributed by atoms with Crippen molar-refractivity contribution in [2.75, 3.05) is 13.1 Å². The van der Waals surface area contributed by atoms with E-state index >= 15 is 0 Å². The van der Waals surface area contributed by atoms with Crippen molar-refractivity contribution in [2.45, 2.75) is 18.9 Å². The second kappa shape index (κ2) is 4.59. The molecule has 7 heteroatoms. The van der Waals surface area contributed by atoms with Crippen molar-refractivity contribution in [3.05, 3.63) is 30.4 Å². The lowest BCUT2D eigenvalue weighted by Gasteiger charge is -2.30. The molecule has 3 rings (SSSR count). The first-order chi connectivity index (χ1) is 8.84. The highest BCUT2D eigenvalue weighted by Gasteiger charge is 2.26. The van der Waals surface area contributed by atoms with E-state index in [9.17, 15) is 4.79 Å². The van der Waals surface area contributed by atoms with Crippen LogP contribution >= 0.6 is 0 Å². The minimum Gasteiger partial charge on any atom is -0.351 e. The maximum absolute atomic E-state index is 12.0. The summed E-state index contributed by atoms with van der Waals surface area (Å²) in [5.41, 5.74) is 0. The molecule has 18 heavy (non-hydrogen) atoms. The molecule has 1 fully saturated rings. The minimum atomic E-state index is -0.0978. The molecule has 1 aliphatic rings. The molecular formula is C11H13N5O2. The molecule has 7 nitrogen and oxygen atoms in total. The molecule has 2 aromatic heterocycles. The predicted octanol–water partition coefficient (Wildman–Crippen LogP) is 0.743.